The third kappa shape index (κ3) is 4.46. The second-order valence-corrected chi connectivity index (χ2v) is 8.32. The Kier molecular flexibility index (Phi) is 6.00. The Morgan fingerprint density at radius 3 is 2.57 bits per heavy atom. The average molecular weight is 404 g/mol. The first-order valence-corrected chi connectivity index (χ1v) is 10.7. The summed E-state index contributed by atoms with van der Waals surface area (Å²) in [6.45, 7) is 4.50. The normalized spacial score (nSPS) is 15.1. The Balaban J connectivity index is 1.36. The zero-order chi connectivity index (χ0) is 21.1. The summed E-state index contributed by atoms with van der Waals surface area (Å²) in [5, 5.41) is 0.927. The average Bonchev–Trinajstić information content (AvgIpc) is 2.77. The molecule has 0 spiro atoms. The third-order valence-corrected chi connectivity index (χ3v) is 6.27. The van der Waals surface area contributed by atoms with E-state index in [1.54, 1.807) is 6.07 Å². The van der Waals surface area contributed by atoms with Crippen LogP contribution in [0, 0.1) is 6.92 Å². The van der Waals surface area contributed by atoms with Crippen LogP contribution in [0.3, 0.4) is 0 Å². The molecule has 1 aromatic heterocycles. The van der Waals surface area contributed by atoms with E-state index in [0.717, 1.165) is 55.4 Å². The van der Waals surface area contributed by atoms with Crippen LogP contribution in [-0.4, -0.2) is 53.4 Å². The van der Waals surface area contributed by atoms with Crippen LogP contribution < -0.4 is 5.56 Å². The number of piperidine rings is 1. The van der Waals surface area contributed by atoms with Crippen LogP contribution in [0.2, 0.25) is 0 Å². The van der Waals surface area contributed by atoms with Gasteiger partial charge in [-0.2, -0.15) is 0 Å². The van der Waals surface area contributed by atoms with Crippen molar-refractivity contribution in [2.75, 3.05) is 26.7 Å². The summed E-state index contributed by atoms with van der Waals surface area (Å²) >= 11 is 0. The number of benzene rings is 2. The third-order valence-electron chi connectivity index (χ3n) is 6.27. The van der Waals surface area contributed by atoms with Crippen molar-refractivity contribution in [3.63, 3.8) is 0 Å². The van der Waals surface area contributed by atoms with Gasteiger partial charge in [0, 0.05) is 48.2 Å². The number of aromatic amines is 1. The molecular weight excluding hydrogens is 374 g/mol. The number of aryl methyl sites for hydroxylation is 1. The van der Waals surface area contributed by atoms with Crippen molar-refractivity contribution in [1.29, 1.82) is 0 Å². The second kappa shape index (κ2) is 8.84. The lowest BCUT2D eigenvalue weighted by molar-refractivity contribution is 0.0647. The monoisotopic (exact) mass is 403 g/mol. The van der Waals surface area contributed by atoms with Crippen LogP contribution in [0.15, 0.2) is 59.4 Å². The van der Waals surface area contributed by atoms with Crippen molar-refractivity contribution in [3.05, 3.63) is 81.6 Å². The van der Waals surface area contributed by atoms with E-state index in [-0.39, 0.29) is 11.5 Å². The Morgan fingerprint density at radius 1 is 1.10 bits per heavy atom. The quantitative estimate of drug-likeness (QED) is 0.708. The van der Waals surface area contributed by atoms with Crippen molar-refractivity contribution >= 4 is 16.8 Å². The highest BCUT2D eigenvalue weighted by Crippen LogP contribution is 2.21. The molecule has 1 aliphatic heterocycles. The standard InChI is InChI=1S/C25H29N3O2/c1-18-16-24(29)26-23-9-8-20(17-22(18)23)25(30)28-14-11-21(12-15-28)27(2)13-10-19-6-4-3-5-7-19/h3-9,16-17,21H,10-15H2,1-2H3,(H,26,29). The molecule has 0 radical (unpaired) electrons. The first-order valence-electron chi connectivity index (χ1n) is 10.7. The highest BCUT2D eigenvalue weighted by molar-refractivity contribution is 5.98. The Morgan fingerprint density at radius 2 is 1.83 bits per heavy atom. The van der Waals surface area contributed by atoms with Crippen LogP contribution in [0.25, 0.3) is 10.9 Å². The molecule has 1 N–H and O–H groups in total. The van der Waals surface area contributed by atoms with E-state index < -0.39 is 0 Å². The molecule has 1 amide bonds. The number of amides is 1. The molecule has 0 unspecified atom stereocenters. The Hall–Kier alpha value is -2.92. The molecular formula is C25H29N3O2. The number of hydrogen-bond donors (Lipinski definition) is 1. The number of hydrogen-bond acceptors (Lipinski definition) is 3. The largest absolute Gasteiger partial charge is 0.339 e. The van der Waals surface area contributed by atoms with Gasteiger partial charge in [0.2, 0.25) is 5.56 Å². The number of fused-ring (bicyclic) bond motifs is 1. The van der Waals surface area contributed by atoms with Crippen LogP contribution in [0.4, 0.5) is 0 Å². The number of aromatic nitrogens is 1. The molecule has 156 valence electrons. The van der Waals surface area contributed by atoms with Gasteiger partial charge in [0.25, 0.3) is 5.91 Å². The Labute approximate surface area is 177 Å². The van der Waals surface area contributed by atoms with Gasteiger partial charge in [0.1, 0.15) is 0 Å². The first-order chi connectivity index (χ1) is 14.5. The molecule has 4 rings (SSSR count). The minimum absolute atomic E-state index is 0.0767. The SMILES string of the molecule is Cc1cc(=O)[nH]c2ccc(C(=O)N3CCC(N(C)CCc4ccccc4)CC3)cc12. The van der Waals surface area contributed by atoms with Crippen LogP contribution in [0.5, 0.6) is 0 Å². The number of carbonyl (C=O) groups is 1. The highest BCUT2D eigenvalue weighted by Gasteiger charge is 2.26. The van der Waals surface area contributed by atoms with Crippen molar-refractivity contribution in [1.82, 2.24) is 14.8 Å². The van der Waals surface area contributed by atoms with E-state index in [9.17, 15) is 9.59 Å². The summed E-state index contributed by atoms with van der Waals surface area (Å²) in [5.74, 6) is 0.0767. The fourth-order valence-electron chi connectivity index (χ4n) is 4.38. The van der Waals surface area contributed by atoms with Gasteiger partial charge in [-0.25, -0.2) is 0 Å². The minimum atomic E-state index is -0.113. The molecule has 5 nitrogen and oxygen atoms in total. The smallest absolute Gasteiger partial charge is 0.253 e. The molecule has 1 fully saturated rings. The van der Waals surface area contributed by atoms with Crippen LogP contribution >= 0.6 is 0 Å². The Bertz CT molecular complexity index is 1080. The van der Waals surface area contributed by atoms with E-state index in [4.69, 9.17) is 0 Å². The molecule has 5 heteroatoms. The van der Waals surface area contributed by atoms with E-state index in [2.05, 4.69) is 47.3 Å². The molecule has 2 heterocycles. The molecule has 30 heavy (non-hydrogen) atoms. The van der Waals surface area contributed by atoms with Crippen LogP contribution in [-0.2, 0) is 6.42 Å². The predicted molar refractivity (Wildman–Crippen MR) is 121 cm³/mol. The van der Waals surface area contributed by atoms with Gasteiger partial charge >= 0.3 is 0 Å². The van der Waals surface area contributed by atoms with Gasteiger partial charge in [-0.15, -0.1) is 0 Å². The maximum absolute atomic E-state index is 13.0. The number of likely N-dealkylation sites (tertiary alicyclic amines) is 1. The van der Waals surface area contributed by atoms with Crippen molar-refractivity contribution in [2.45, 2.75) is 32.2 Å². The molecule has 0 atom stereocenters. The highest BCUT2D eigenvalue weighted by atomic mass is 16.2. The van der Waals surface area contributed by atoms with Crippen molar-refractivity contribution in [2.24, 2.45) is 0 Å². The lowest BCUT2D eigenvalue weighted by Gasteiger charge is -2.37. The van der Waals surface area contributed by atoms with Crippen molar-refractivity contribution in [3.8, 4) is 0 Å². The predicted octanol–water partition coefficient (Wildman–Crippen LogP) is 3.62. The summed E-state index contributed by atoms with van der Waals surface area (Å²) in [5.41, 5.74) is 3.61. The van der Waals surface area contributed by atoms with Crippen LogP contribution in [0.1, 0.15) is 34.3 Å². The van der Waals surface area contributed by atoms with E-state index in [1.807, 2.05) is 30.0 Å². The number of H-pyrrole nitrogens is 1. The molecule has 0 aliphatic carbocycles. The zero-order valence-electron chi connectivity index (χ0n) is 17.7. The van der Waals surface area contributed by atoms with Gasteiger partial charge in [0.15, 0.2) is 0 Å². The number of carbonyl (C=O) groups excluding carboxylic acids is 1. The molecule has 0 saturated carbocycles. The summed E-state index contributed by atoms with van der Waals surface area (Å²) in [7, 11) is 2.19. The number of pyridine rings is 1. The molecule has 1 saturated heterocycles. The summed E-state index contributed by atoms with van der Waals surface area (Å²) in [6, 6.07) is 18.2. The number of nitrogens with one attached hydrogen (secondary N) is 1. The van der Waals surface area contributed by atoms with Gasteiger partial charge in [-0.3, -0.25) is 9.59 Å². The van der Waals surface area contributed by atoms with Gasteiger partial charge in [-0.05, 0) is 62.6 Å². The lowest BCUT2D eigenvalue weighted by atomic mass is 10.0. The maximum Gasteiger partial charge on any atom is 0.253 e. The van der Waals surface area contributed by atoms with E-state index in [1.165, 1.54) is 5.56 Å². The van der Waals surface area contributed by atoms with E-state index in [0.29, 0.717) is 11.6 Å². The van der Waals surface area contributed by atoms with Gasteiger partial charge in [-0.1, -0.05) is 30.3 Å². The second-order valence-electron chi connectivity index (χ2n) is 8.32. The lowest BCUT2D eigenvalue weighted by Crippen LogP contribution is -2.46. The first kappa shape index (κ1) is 20.4. The maximum atomic E-state index is 13.0. The summed E-state index contributed by atoms with van der Waals surface area (Å²) < 4.78 is 0. The molecule has 1 aliphatic rings. The molecule has 3 aromatic rings. The van der Waals surface area contributed by atoms with E-state index >= 15 is 0 Å². The fraction of sp³-hybridized carbons (Fsp3) is 0.360. The fourth-order valence-corrected chi connectivity index (χ4v) is 4.38. The molecule has 2 aromatic carbocycles. The zero-order valence-corrected chi connectivity index (χ0v) is 17.7. The molecule has 0 bridgehead atoms. The minimum Gasteiger partial charge on any atom is -0.339 e. The van der Waals surface area contributed by atoms with Gasteiger partial charge in [0.05, 0.1) is 0 Å². The summed E-state index contributed by atoms with van der Waals surface area (Å²) in [6.07, 6.45) is 3.04. The summed E-state index contributed by atoms with van der Waals surface area (Å²) in [4.78, 5) is 31.9. The number of nitrogens with zero attached hydrogens (tertiary/aromatic N) is 2. The number of rotatable bonds is 5. The van der Waals surface area contributed by atoms with Gasteiger partial charge < -0.3 is 14.8 Å². The number of likely N-dealkylation sites (N-methyl/N-ethyl adjacent to an activating group) is 1. The topological polar surface area (TPSA) is 56.4 Å². The van der Waals surface area contributed by atoms with Crippen molar-refractivity contribution < 1.29 is 4.79 Å².